The molecule has 0 spiro atoms. The van der Waals surface area contributed by atoms with Gasteiger partial charge in [0.05, 0.1) is 6.54 Å². The van der Waals surface area contributed by atoms with Crippen molar-refractivity contribution in [3.63, 3.8) is 0 Å². The van der Waals surface area contributed by atoms with Gasteiger partial charge in [-0.25, -0.2) is 9.07 Å². The first kappa shape index (κ1) is 20.6. The molecule has 2 aromatic carbocycles. The van der Waals surface area contributed by atoms with E-state index in [1.54, 1.807) is 17.0 Å². The van der Waals surface area contributed by atoms with Crippen LogP contribution in [0.5, 0.6) is 5.75 Å². The quantitative estimate of drug-likeness (QED) is 0.610. The molecule has 1 amide bonds. The standard InChI is InChI=1S/C23H23FN4O3/c24-18-6-8-19(9-7-18)26-12-14-27(15-13-26)23(30)21-10-11-22(29)28(25-21)16-17-31-20-4-2-1-3-5-20/h1-11H,12-17H2. The highest BCUT2D eigenvalue weighted by molar-refractivity contribution is 5.92. The number of nitrogens with zero attached hydrogens (tertiary/aromatic N) is 4. The van der Waals surface area contributed by atoms with Gasteiger partial charge in [0, 0.05) is 37.9 Å². The summed E-state index contributed by atoms with van der Waals surface area (Å²) >= 11 is 0. The van der Waals surface area contributed by atoms with Crippen LogP contribution in [-0.4, -0.2) is 53.4 Å². The van der Waals surface area contributed by atoms with Crippen molar-refractivity contribution >= 4 is 11.6 Å². The number of aromatic nitrogens is 2. The maximum atomic E-state index is 13.1. The molecule has 2 heterocycles. The molecule has 1 fully saturated rings. The fraction of sp³-hybridized carbons (Fsp3) is 0.261. The Morgan fingerprint density at radius 2 is 1.65 bits per heavy atom. The van der Waals surface area contributed by atoms with Crippen LogP contribution < -0.4 is 15.2 Å². The molecule has 0 unspecified atom stereocenters. The number of carbonyl (C=O) groups is 1. The first-order valence-electron chi connectivity index (χ1n) is 10.2. The van der Waals surface area contributed by atoms with Crippen molar-refractivity contribution in [1.29, 1.82) is 0 Å². The van der Waals surface area contributed by atoms with Crippen molar-refractivity contribution < 1.29 is 13.9 Å². The minimum Gasteiger partial charge on any atom is -0.492 e. The van der Waals surface area contributed by atoms with Gasteiger partial charge in [0.2, 0.25) is 0 Å². The second-order valence-electron chi connectivity index (χ2n) is 7.20. The zero-order valence-electron chi connectivity index (χ0n) is 17.0. The number of halogens is 1. The summed E-state index contributed by atoms with van der Waals surface area (Å²) < 4.78 is 20.0. The van der Waals surface area contributed by atoms with Crippen molar-refractivity contribution in [3.8, 4) is 5.75 Å². The molecule has 7 nitrogen and oxygen atoms in total. The lowest BCUT2D eigenvalue weighted by atomic mass is 10.2. The third-order valence-electron chi connectivity index (χ3n) is 5.16. The molecule has 0 bridgehead atoms. The molecular formula is C23H23FN4O3. The first-order valence-corrected chi connectivity index (χ1v) is 10.2. The van der Waals surface area contributed by atoms with E-state index in [0.29, 0.717) is 31.9 Å². The molecule has 160 valence electrons. The normalized spacial score (nSPS) is 13.8. The Labute approximate surface area is 179 Å². The monoisotopic (exact) mass is 422 g/mol. The van der Waals surface area contributed by atoms with E-state index >= 15 is 0 Å². The fourth-order valence-corrected chi connectivity index (χ4v) is 3.47. The van der Waals surface area contributed by atoms with E-state index in [4.69, 9.17) is 4.74 Å². The van der Waals surface area contributed by atoms with Gasteiger partial charge in [-0.3, -0.25) is 9.59 Å². The number of hydrogen-bond acceptors (Lipinski definition) is 5. The lowest BCUT2D eigenvalue weighted by molar-refractivity contribution is 0.0737. The summed E-state index contributed by atoms with van der Waals surface area (Å²) in [5, 5.41) is 4.24. The van der Waals surface area contributed by atoms with Crippen LogP contribution in [0.15, 0.2) is 71.5 Å². The number of hydrogen-bond donors (Lipinski definition) is 0. The fourth-order valence-electron chi connectivity index (χ4n) is 3.47. The number of rotatable bonds is 6. The molecule has 0 aliphatic carbocycles. The highest BCUT2D eigenvalue weighted by atomic mass is 19.1. The van der Waals surface area contributed by atoms with Crippen LogP contribution in [0.25, 0.3) is 0 Å². The van der Waals surface area contributed by atoms with Gasteiger partial charge in [0.15, 0.2) is 0 Å². The van der Waals surface area contributed by atoms with Gasteiger partial charge in [0.25, 0.3) is 11.5 Å². The van der Waals surface area contributed by atoms with Crippen LogP contribution in [0.4, 0.5) is 10.1 Å². The zero-order chi connectivity index (χ0) is 21.6. The minimum atomic E-state index is -0.283. The zero-order valence-corrected chi connectivity index (χ0v) is 17.0. The molecule has 0 N–H and O–H groups in total. The summed E-state index contributed by atoms with van der Waals surface area (Å²) in [4.78, 5) is 28.8. The molecule has 1 aromatic heterocycles. The van der Waals surface area contributed by atoms with Crippen LogP contribution in [-0.2, 0) is 6.54 Å². The van der Waals surface area contributed by atoms with Crippen LogP contribution in [0.2, 0.25) is 0 Å². The van der Waals surface area contributed by atoms with Gasteiger partial charge in [-0.2, -0.15) is 5.10 Å². The van der Waals surface area contributed by atoms with Gasteiger partial charge in [-0.15, -0.1) is 0 Å². The highest BCUT2D eigenvalue weighted by Crippen LogP contribution is 2.17. The SMILES string of the molecule is O=C(c1ccc(=O)n(CCOc2ccccc2)n1)N1CCN(c2ccc(F)cc2)CC1. The van der Waals surface area contributed by atoms with Crippen molar-refractivity contribution in [2.24, 2.45) is 0 Å². The van der Waals surface area contributed by atoms with Gasteiger partial charge in [-0.1, -0.05) is 18.2 Å². The number of carbonyl (C=O) groups excluding carboxylic acids is 1. The Balaban J connectivity index is 1.35. The van der Waals surface area contributed by atoms with Crippen molar-refractivity contribution in [3.05, 3.63) is 88.6 Å². The predicted octanol–water partition coefficient (Wildman–Crippen LogP) is 2.42. The van der Waals surface area contributed by atoms with Crippen LogP contribution >= 0.6 is 0 Å². The molecule has 0 atom stereocenters. The van der Waals surface area contributed by atoms with Gasteiger partial charge < -0.3 is 14.5 Å². The van der Waals surface area contributed by atoms with Gasteiger partial charge in [-0.05, 0) is 42.5 Å². The van der Waals surface area contributed by atoms with Crippen LogP contribution in [0.3, 0.4) is 0 Å². The third kappa shape index (κ3) is 5.09. The van der Waals surface area contributed by atoms with E-state index in [1.807, 2.05) is 30.3 Å². The highest BCUT2D eigenvalue weighted by Gasteiger charge is 2.23. The Bertz CT molecular complexity index is 1080. The smallest absolute Gasteiger partial charge is 0.274 e. The molecule has 4 rings (SSSR count). The Morgan fingerprint density at radius 3 is 2.35 bits per heavy atom. The molecular weight excluding hydrogens is 399 g/mol. The lowest BCUT2D eigenvalue weighted by Gasteiger charge is -2.36. The number of amides is 1. The molecule has 0 radical (unpaired) electrons. The summed E-state index contributed by atoms with van der Waals surface area (Å²) in [6, 6.07) is 18.5. The van der Waals surface area contributed by atoms with Crippen molar-refractivity contribution in [1.82, 2.24) is 14.7 Å². The molecule has 1 aliphatic heterocycles. The predicted molar refractivity (Wildman–Crippen MR) is 115 cm³/mol. The summed E-state index contributed by atoms with van der Waals surface area (Å²) in [6.45, 7) is 2.84. The number of para-hydroxylation sites is 1. The number of ether oxygens (including phenoxy) is 1. The average molecular weight is 422 g/mol. The summed E-state index contributed by atoms with van der Waals surface area (Å²) in [6.07, 6.45) is 0. The molecule has 3 aromatic rings. The largest absolute Gasteiger partial charge is 0.492 e. The second kappa shape index (κ2) is 9.42. The molecule has 8 heteroatoms. The number of piperazine rings is 1. The van der Waals surface area contributed by atoms with Gasteiger partial charge >= 0.3 is 0 Å². The van der Waals surface area contributed by atoms with Crippen LogP contribution in [0, 0.1) is 5.82 Å². The first-order chi connectivity index (χ1) is 15.1. The van der Waals surface area contributed by atoms with E-state index in [9.17, 15) is 14.0 Å². The maximum absolute atomic E-state index is 13.1. The second-order valence-corrected chi connectivity index (χ2v) is 7.20. The Hall–Kier alpha value is -3.68. The van der Waals surface area contributed by atoms with E-state index in [2.05, 4.69) is 10.00 Å². The third-order valence-corrected chi connectivity index (χ3v) is 5.16. The molecule has 1 saturated heterocycles. The van der Waals surface area contributed by atoms with Gasteiger partial charge in [0.1, 0.15) is 23.9 Å². The van der Waals surface area contributed by atoms with E-state index in [1.165, 1.54) is 28.9 Å². The van der Waals surface area contributed by atoms with E-state index in [0.717, 1.165) is 5.69 Å². The van der Waals surface area contributed by atoms with E-state index < -0.39 is 0 Å². The number of anilines is 1. The summed E-state index contributed by atoms with van der Waals surface area (Å²) in [5.41, 5.74) is 0.877. The summed E-state index contributed by atoms with van der Waals surface area (Å²) in [7, 11) is 0. The molecule has 31 heavy (non-hydrogen) atoms. The Kier molecular flexibility index (Phi) is 6.26. The molecule has 0 saturated carbocycles. The van der Waals surface area contributed by atoms with Crippen molar-refractivity contribution in [2.45, 2.75) is 6.54 Å². The van der Waals surface area contributed by atoms with Crippen LogP contribution in [0.1, 0.15) is 10.5 Å². The topological polar surface area (TPSA) is 67.7 Å². The minimum absolute atomic E-state index is 0.212. The average Bonchev–Trinajstić information content (AvgIpc) is 2.81. The molecule has 1 aliphatic rings. The van der Waals surface area contributed by atoms with Crippen molar-refractivity contribution in [2.75, 3.05) is 37.7 Å². The number of benzene rings is 2. The lowest BCUT2D eigenvalue weighted by Crippen LogP contribution is -2.49. The summed E-state index contributed by atoms with van der Waals surface area (Å²) in [5.74, 6) is 0.228. The van der Waals surface area contributed by atoms with E-state index in [-0.39, 0.29) is 36.1 Å². The maximum Gasteiger partial charge on any atom is 0.274 e. The Morgan fingerprint density at radius 1 is 0.935 bits per heavy atom.